The lowest BCUT2D eigenvalue weighted by molar-refractivity contribution is 0.451. The molecule has 0 saturated carbocycles. The van der Waals surface area contributed by atoms with Crippen LogP contribution < -0.4 is 16.0 Å². The average molecular weight is 261 g/mol. The van der Waals surface area contributed by atoms with Crippen LogP contribution in [0.2, 0.25) is 0 Å². The van der Waals surface area contributed by atoms with Crippen LogP contribution in [0.4, 0.5) is 5.69 Å². The van der Waals surface area contributed by atoms with E-state index < -0.39 is 0 Å². The lowest BCUT2D eigenvalue weighted by Gasteiger charge is -2.29. The predicted molar refractivity (Wildman–Crippen MR) is 82.7 cm³/mol. The molecule has 2 unspecified atom stereocenters. The van der Waals surface area contributed by atoms with Crippen LogP contribution in [0.15, 0.2) is 18.2 Å². The van der Waals surface area contributed by atoms with Gasteiger partial charge in [-0.05, 0) is 43.4 Å². The molecule has 3 heteroatoms. The molecule has 1 aromatic carbocycles. The van der Waals surface area contributed by atoms with Gasteiger partial charge in [-0.2, -0.15) is 0 Å². The molecule has 0 fully saturated rings. The second-order valence-electron chi connectivity index (χ2n) is 5.68. The molecule has 2 rings (SSSR count). The molecule has 0 aliphatic carbocycles. The highest BCUT2D eigenvalue weighted by Gasteiger charge is 2.17. The summed E-state index contributed by atoms with van der Waals surface area (Å²) in [6.07, 6.45) is 3.57. The molecule has 0 amide bonds. The SMILES string of the molecule is CCC(C)NC(CN)c1ccc2c(c1)CCCN2C. The Bertz CT molecular complexity index is 416. The van der Waals surface area contributed by atoms with Crippen molar-refractivity contribution < 1.29 is 0 Å². The second kappa shape index (κ2) is 6.40. The van der Waals surface area contributed by atoms with Crippen LogP contribution in [0.25, 0.3) is 0 Å². The Morgan fingerprint density at radius 2 is 2.21 bits per heavy atom. The first kappa shape index (κ1) is 14.4. The number of benzene rings is 1. The maximum absolute atomic E-state index is 5.94. The maximum atomic E-state index is 5.94. The van der Waals surface area contributed by atoms with E-state index in [1.54, 1.807) is 0 Å². The van der Waals surface area contributed by atoms with Crippen molar-refractivity contribution in [3.63, 3.8) is 0 Å². The first-order chi connectivity index (χ1) is 9.15. The molecular formula is C16H27N3. The molecule has 2 atom stereocenters. The van der Waals surface area contributed by atoms with Crippen molar-refractivity contribution >= 4 is 5.69 Å². The molecule has 1 aliphatic heterocycles. The monoisotopic (exact) mass is 261 g/mol. The summed E-state index contributed by atoms with van der Waals surface area (Å²) in [4.78, 5) is 2.35. The zero-order chi connectivity index (χ0) is 13.8. The van der Waals surface area contributed by atoms with Crippen molar-refractivity contribution in [3.05, 3.63) is 29.3 Å². The minimum atomic E-state index is 0.271. The van der Waals surface area contributed by atoms with Crippen LogP contribution in [0.1, 0.15) is 43.9 Å². The van der Waals surface area contributed by atoms with Crippen LogP contribution in [-0.4, -0.2) is 26.2 Å². The molecule has 0 bridgehead atoms. The molecule has 3 nitrogen and oxygen atoms in total. The van der Waals surface area contributed by atoms with E-state index in [2.05, 4.69) is 49.3 Å². The Labute approximate surface area is 117 Å². The van der Waals surface area contributed by atoms with E-state index in [-0.39, 0.29) is 6.04 Å². The van der Waals surface area contributed by atoms with Crippen molar-refractivity contribution in [2.24, 2.45) is 5.73 Å². The molecule has 1 heterocycles. The Hall–Kier alpha value is -1.06. The minimum absolute atomic E-state index is 0.271. The van der Waals surface area contributed by atoms with Crippen LogP contribution >= 0.6 is 0 Å². The van der Waals surface area contributed by atoms with Crippen molar-refractivity contribution in [3.8, 4) is 0 Å². The number of rotatable bonds is 5. The van der Waals surface area contributed by atoms with Crippen molar-refractivity contribution in [2.45, 2.75) is 45.2 Å². The summed E-state index contributed by atoms with van der Waals surface area (Å²) in [7, 11) is 2.18. The zero-order valence-corrected chi connectivity index (χ0v) is 12.4. The summed E-state index contributed by atoms with van der Waals surface area (Å²) in [5.74, 6) is 0. The first-order valence-electron chi connectivity index (χ1n) is 7.45. The number of hydrogen-bond donors (Lipinski definition) is 2. The highest BCUT2D eigenvalue weighted by atomic mass is 15.1. The molecule has 1 aliphatic rings. The van der Waals surface area contributed by atoms with Gasteiger partial charge in [-0.1, -0.05) is 19.1 Å². The van der Waals surface area contributed by atoms with E-state index in [0.717, 1.165) is 13.0 Å². The van der Waals surface area contributed by atoms with E-state index in [1.807, 2.05) is 0 Å². The highest BCUT2D eigenvalue weighted by Crippen LogP contribution is 2.28. The lowest BCUT2D eigenvalue weighted by Crippen LogP contribution is -2.35. The smallest absolute Gasteiger partial charge is 0.0446 e. The number of nitrogens with two attached hydrogens (primary N) is 1. The lowest BCUT2D eigenvalue weighted by atomic mass is 9.96. The third-order valence-corrected chi connectivity index (χ3v) is 4.19. The fourth-order valence-electron chi connectivity index (χ4n) is 2.78. The number of fused-ring (bicyclic) bond motifs is 1. The largest absolute Gasteiger partial charge is 0.374 e. The van der Waals surface area contributed by atoms with Crippen LogP contribution in [-0.2, 0) is 6.42 Å². The van der Waals surface area contributed by atoms with Gasteiger partial charge in [-0.3, -0.25) is 0 Å². The van der Waals surface area contributed by atoms with Gasteiger partial charge in [0.25, 0.3) is 0 Å². The molecule has 3 N–H and O–H groups in total. The Morgan fingerprint density at radius 3 is 2.89 bits per heavy atom. The van der Waals surface area contributed by atoms with Gasteiger partial charge in [0.2, 0.25) is 0 Å². The van der Waals surface area contributed by atoms with Crippen LogP contribution in [0.3, 0.4) is 0 Å². The predicted octanol–water partition coefficient (Wildman–Crippen LogP) is 2.46. The van der Waals surface area contributed by atoms with E-state index in [0.29, 0.717) is 12.6 Å². The summed E-state index contributed by atoms with van der Waals surface area (Å²) in [5.41, 5.74) is 10.1. The van der Waals surface area contributed by atoms with Gasteiger partial charge >= 0.3 is 0 Å². The van der Waals surface area contributed by atoms with Gasteiger partial charge < -0.3 is 16.0 Å². The van der Waals surface area contributed by atoms with Crippen LogP contribution in [0, 0.1) is 0 Å². The molecule has 0 spiro atoms. The standard InChI is InChI=1S/C16H27N3/c1-4-12(2)18-15(11-17)13-7-8-16-14(10-13)6-5-9-19(16)3/h7-8,10,12,15,18H,4-6,9,11,17H2,1-3H3. The quantitative estimate of drug-likeness (QED) is 0.855. The van der Waals surface area contributed by atoms with E-state index in [4.69, 9.17) is 5.73 Å². The maximum Gasteiger partial charge on any atom is 0.0446 e. The normalized spacial score (nSPS) is 18.0. The summed E-state index contributed by atoms with van der Waals surface area (Å²) in [5, 5.41) is 3.61. The third kappa shape index (κ3) is 3.28. The summed E-state index contributed by atoms with van der Waals surface area (Å²) >= 11 is 0. The van der Waals surface area contributed by atoms with Crippen molar-refractivity contribution in [2.75, 3.05) is 25.0 Å². The number of hydrogen-bond acceptors (Lipinski definition) is 3. The van der Waals surface area contributed by atoms with Gasteiger partial charge in [-0.15, -0.1) is 0 Å². The summed E-state index contributed by atoms with van der Waals surface area (Å²) < 4.78 is 0. The highest BCUT2D eigenvalue weighted by molar-refractivity contribution is 5.56. The van der Waals surface area contributed by atoms with Gasteiger partial charge in [0.15, 0.2) is 0 Å². The van der Waals surface area contributed by atoms with Crippen molar-refractivity contribution in [1.82, 2.24) is 5.32 Å². The molecule has 0 saturated heterocycles. The fourth-order valence-corrected chi connectivity index (χ4v) is 2.78. The second-order valence-corrected chi connectivity index (χ2v) is 5.68. The first-order valence-corrected chi connectivity index (χ1v) is 7.45. The van der Waals surface area contributed by atoms with Gasteiger partial charge in [-0.25, -0.2) is 0 Å². The topological polar surface area (TPSA) is 41.3 Å². The molecule has 1 aromatic rings. The summed E-state index contributed by atoms with van der Waals surface area (Å²) in [6.45, 7) is 6.23. The van der Waals surface area contributed by atoms with E-state index in [9.17, 15) is 0 Å². The Kier molecular flexibility index (Phi) is 4.83. The van der Waals surface area contributed by atoms with Gasteiger partial charge in [0.05, 0.1) is 0 Å². The molecule has 0 aromatic heterocycles. The molecule has 19 heavy (non-hydrogen) atoms. The third-order valence-electron chi connectivity index (χ3n) is 4.19. The van der Waals surface area contributed by atoms with Crippen molar-refractivity contribution in [1.29, 1.82) is 0 Å². The number of aryl methyl sites for hydroxylation is 1. The number of anilines is 1. The Morgan fingerprint density at radius 1 is 1.42 bits per heavy atom. The Balaban J connectivity index is 2.20. The minimum Gasteiger partial charge on any atom is -0.374 e. The number of nitrogens with zero attached hydrogens (tertiary/aromatic N) is 1. The molecule has 0 radical (unpaired) electrons. The average Bonchev–Trinajstić information content (AvgIpc) is 2.44. The van der Waals surface area contributed by atoms with Gasteiger partial charge in [0.1, 0.15) is 0 Å². The molecule has 106 valence electrons. The number of nitrogens with one attached hydrogen (secondary N) is 1. The van der Waals surface area contributed by atoms with E-state index in [1.165, 1.54) is 29.7 Å². The van der Waals surface area contributed by atoms with Gasteiger partial charge in [0, 0.05) is 37.9 Å². The zero-order valence-electron chi connectivity index (χ0n) is 12.4. The molecular weight excluding hydrogens is 234 g/mol. The van der Waals surface area contributed by atoms with E-state index >= 15 is 0 Å². The summed E-state index contributed by atoms with van der Waals surface area (Å²) in [6, 6.07) is 7.61. The van der Waals surface area contributed by atoms with Crippen LogP contribution in [0.5, 0.6) is 0 Å². The fraction of sp³-hybridized carbons (Fsp3) is 0.625.